The second-order valence-electron chi connectivity index (χ2n) is 7.76. The second-order valence-corrected chi connectivity index (χ2v) is 9.85. The Balaban J connectivity index is 1.48. The maximum absolute atomic E-state index is 2.47. The van der Waals surface area contributed by atoms with Crippen LogP contribution in [-0.4, -0.2) is 6.54 Å². The summed E-state index contributed by atoms with van der Waals surface area (Å²) in [6, 6.07) is 21.9. The van der Waals surface area contributed by atoms with E-state index in [2.05, 4.69) is 102 Å². The SMILES string of the molecule is CCCC[n+]1c(/C=C/C=C2/Sc3c(ccc4ccccc34)N2CC)sc2ccccc21. The first kappa shape index (κ1) is 20.3. The zero-order chi connectivity index (χ0) is 21.2. The van der Waals surface area contributed by atoms with Crippen molar-refractivity contribution in [2.45, 2.75) is 38.1 Å². The molecule has 0 atom stereocenters. The van der Waals surface area contributed by atoms with E-state index in [9.17, 15) is 0 Å². The molecule has 0 saturated carbocycles. The van der Waals surface area contributed by atoms with Crippen molar-refractivity contribution >= 4 is 55.9 Å². The summed E-state index contributed by atoms with van der Waals surface area (Å²) in [6.07, 6.45) is 9.19. The Kier molecular flexibility index (Phi) is 5.84. The van der Waals surface area contributed by atoms with Crippen molar-refractivity contribution in [1.29, 1.82) is 0 Å². The van der Waals surface area contributed by atoms with Crippen LogP contribution in [0.1, 0.15) is 31.7 Å². The van der Waals surface area contributed by atoms with Crippen molar-refractivity contribution < 1.29 is 4.57 Å². The van der Waals surface area contributed by atoms with Gasteiger partial charge in [0.05, 0.1) is 10.7 Å². The number of para-hydroxylation sites is 1. The second kappa shape index (κ2) is 8.89. The molecular formula is C27H27N2S2+. The highest BCUT2D eigenvalue weighted by atomic mass is 32.2. The Morgan fingerprint density at radius 2 is 1.81 bits per heavy atom. The average Bonchev–Trinajstić information content (AvgIpc) is 3.35. The first-order valence-electron chi connectivity index (χ1n) is 11.1. The van der Waals surface area contributed by atoms with E-state index in [1.54, 1.807) is 0 Å². The van der Waals surface area contributed by atoms with Crippen molar-refractivity contribution in [2.75, 3.05) is 11.4 Å². The molecule has 5 rings (SSSR count). The standard InChI is InChI=1S/C27H27N2S2/c1-3-5-19-29-22-13-8-9-14-24(22)30-26(29)16-10-15-25-28(4-2)23-18-17-20-11-6-7-12-21(20)27(23)31-25/h6-18H,3-5,19H2,1-2H3/q+1. The Bertz CT molecular complexity index is 1300. The summed E-state index contributed by atoms with van der Waals surface area (Å²) in [6.45, 7) is 6.53. The zero-order valence-corrected chi connectivity index (χ0v) is 19.7. The van der Waals surface area contributed by atoms with Crippen LogP contribution >= 0.6 is 23.1 Å². The molecule has 1 aromatic heterocycles. The predicted molar refractivity (Wildman–Crippen MR) is 137 cm³/mol. The summed E-state index contributed by atoms with van der Waals surface area (Å²) in [4.78, 5) is 3.80. The highest BCUT2D eigenvalue weighted by Gasteiger charge is 2.25. The zero-order valence-electron chi connectivity index (χ0n) is 18.0. The van der Waals surface area contributed by atoms with Gasteiger partial charge in [0.2, 0.25) is 5.52 Å². The van der Waals surface area contributed by atoms with Crippen LogP contribution in [0.2, 0.25) is 0 Å². The predicted octanol–water partition coefficient (Wildman–Crippen LogP) is 7.63. The maximum Gasteiger partial charge on any atom is 0.262 e. The first-order valence-corrected chi connectivity index (χ1v) is 12.7. The monoisotopic (exact) mass is 443 g/mol. The van der Waals surface area contributed by atoms with E-state index in [1.807, 2.05) is 23.1 Å². The number of aromatic nitrogens is 1. The number of hydrogen-bond donors (Lipinski definition) is 0. The molecule has 156 valence electrons. The van der Waals surface area contributed by atoms with Crippen LogP contribution < -0.4 is 9.47 Å². The molecule has 0 radical (unpaired) electrons. The lowest BCUT2D eigenvalue weighted by molar-refractivity contribution is -0.669. The highest BCUT2D eigenvalue weighted by molar-refractivity contribution is 8.04. The molecule has 0 amide bonds. The molecule has 0 aliphatic carbocycles. The normalized spacial score (nSPS) is 15.0. The summed E-state index contributed by atoms with van der Waals surface area (Å²) in [5.41, 5.74) is 2.67. The van der Waals surface area contributed by atoms with Gasteiger partial charge in [0, 0.05) is 30.0 Å². The Labute approximate surface area is 192 Å². The molecule has 0 N–H and O–H groups in total. The van der Waals surface area contributed by atoms with Gasteiger partial charge in [-0.25, -0.2) is 0 Å². The third kappa shape index (κ3) is 3.79. The Hall–Kier alpha value is -2.56. The molecule has 31 heavy (non-hydrogen) atoms. The highest BCUT2D eigenvalue weighted by Crippen LogP contribution is 2.49. The van der Waals surface area contributed by atoms with Crippen molar-refractivity contribution in [1.82, 2.24) is 0 Å². The van der Waals surface area contributed by atoms with Gasteiger partial charge in [0.25, 0.3) is 5.01 Å². The summed E-state index contributed by atoms with van der Waals surface area (Å²) >= 11 is 3.77. The molecule has 2 heterocycles. The fourth-order valence-electron chi connectivity index (χ4n) is 4.22. The lowest BCUT2D eigenvalue weighted by Crippen LogP contribution is -2.34. The summed E-state index contributed by atoms with van der Waals surface area (Å²) in [5, 5.41) is 5.27. The molecule has 0 spiro atoms. The minimum Gasteiger partial charge on any atom is -0.335 e. The smallest absolute Gasteiger partial charge is 0.262 e. The molecule has 1 aliphatic heterocycles. The van der Waals surface area contributed by atoms with Crippen LogP contribution in [0.5, 0.6) is 0 Å². The van der Waals surface area contributed by atoms with Gasteiger partial charge in [-0.2, -0.15) is 4.57 Å². The van der Waals surface area contributed by atoms with Gasteiger partial charge in [0.15, 0.2) is 6.54 Å². The lowest BCUT2D eigenvalue weighted by Gasteiger charge is -2.17. The van der Waals surface area contributed by atoms with Crippen molar-refractivity contribution in [3.8, 4) is 0 Å². The van der Waals surface area contributed by atoms with Crippen LogP contribution in [0.15, 0.2) is 82.7 Å². The number of thiazole rings is 1. The van der Waals surface area contributed by atoms with Crippen molar-refractivity contribution in [3.05, 3.63) is 82.9 Å². The van der Waals surface area contributed by atoms with Gasteiger partial charge in [-0.1, -0.05) is 85.0 Å². The number of nitrogens with zero attached hydrogens (tertiary/aromatic N) is 2. The molecule has 3 aromatic carbocycles. The molecule has 4 heteroatoms. The minimum atomic E-state index is 0.970. The molecule has 2 nitrogen and oxygen atoms in total. The maximum atomic E-state index is 2.47. The number of fused-ring (bicyclic) bond motifs is 4. The number of benzene rings is 3. The quantitative estimate of drug-likeness (QED) is 0.283. The van der Waals surface area contributed by atoms with Gasteiger partial charge in [0.1, 0.15) is 4.70 Å². The van der Waals surface area contributed by atoms with Gasteiger partial charge in [-0.3, -0.25) is 0 Å². The van der Waals surface area contributed by atoms with E-state index < -0.39 is 0 Å². The summed E-state index contributed by atoms with van der Waals surface area (Å²) in [5.74, 6) is 0. The van der Waals surface area contributed by atoms with E-state index in [1.165, 1.54) is 54.5 Å². The molecule has 0 fully saturated rings. The molecule has 0 saturated heterocycles. The number of unbranched alkanes of at least 4 members (excludes halogenated alkanes) is 1. The van der Waals surface area contributed by atoms with Crippen LogP contribution in [0, 0.1) is 0 Å². The molecule has 4 aromatic rings. The van der Waals surface area contributed by atoms with E-state index in [4.69, 9.17) is 0 Å². The third-order valence-corrected chi connectivity index (χ3v) is 8.12. The van der Waals surface area contributed by atoms with Crippen LogP contribution in [0.25, 0.3) is 27.1 Å². The van der Waals surface area contributed by atoms with Gasteiger partial charge >= 0.3 is 0 Å². The van der Waals surface area contributed by atoms with Crippen LogP contribution in [0.3, 0.4) is 0 Å². The molecule has 0 bridgehead atoms. The number of anilines is 1. The molecule has 1 aliphatic rings. The average molecular weight is 444 g/mol. The third-order valence-electron chi connectivity index (χ3n) is 5.79. The van der Waals surface area contributed by atoms with E-state index in [0.717, 1.165) is 13.1 Å². The topological polar surface area (TPSA) is 7.12 Å². The van der Waals surface area contributed by atoms with Gasteiger partial charge in [-0.15, -0.1) is 0 Å². The number of thioether (sulfide) groups is 1. The summed E-state index contributed by atoms with van der Waals surface area (Å²) in [7, 11) is 0. The van der Waals surface area contributed by atoms with Gasteiger partial charge in [-0.05, 0) is 35.9 Å². The molecular weight excluding hydrogens is 416 g/mol. The fraction of sp³-hybridized carbons (Fsp3) is 0.222. The van der Waals surface area contributed by atoms with Crippen molar-refractivity contribution in [2.24, 2.45) is 0 Å². The van der Waals surface area contributed by atoms with Crippen LogP contribution in [-0.2, 0) is 6.54 Å². The first-order chi connectivity index (χ1) is 15.3. The minimum absolute atomic E-state index is 0.970. The number of rotatable bonds is 6. The van der Waals surface area contributed by atoms with Gasteiger partial charge < -0.3 is 4.90 Å². The van der Waals surface area contributed by atoms with E-state index >= 15 is 0 Å². The van der Waals surface area contributed by atoms with Crippen molar-refractivity contribution in [3.63, 3.8) is 0 Å². The lowest BCUT2D eigenvalue weighted by atomic mass is 10.1. The van der Waals surface area contributed by atoms with E-state index in [0.29, 0.717) is 0 Å². The van der Waals surface area contributed by atoms with E-state index in [-0.39, 0.29) is 0 Å². The van der Waals surface area contributed by atoms with Crippen LogP contribution in [0.4, 0.5) is 5.69 Å². The number of aryl methyl sites for hydroxylation is 1. The number of hydrogen-bond acceptors (Lipinski definition) is 3. The molecule has 0 unspecified atom stereocenters. The Morgan fingerprint density at radius 3 is 2.68 bits per heavy atom. The largest absolute Gasteiger partial charge is 0.335 e. The fourth-order valence-corrected chi connectivity index (χ4v) is 6.59. The Morgan fingerprint density at radius 1 is 0.968 bits per heavy atom. The summed E-state index contributed by atoms with van der Waals surface area (Å²) < 4.78 is 3.83. The number of allylic oxidation sites excluding steroid dienone is 2.